The number of hydrogen-bond acceptors (Lipinski definition) is 5. The SMILES string of the molecule is CCC1(CC)NC(=O)N(CC(=O)OCC(=O)c2ccc(Br)cc2)C1=O. The second kappa shape index (κ2) is 7.77. The molecule has 3 amide bonds. The van der Waals surface area contributed by atoms with E-state index in [1.54, 1.807) is 38.1 Å². The van der Waals surface area contributed by atoms with Crippen molar-refractivity contribution in [2.24, 2.45) is 0 Å². The van der Waals surface area contributed by atoms with Gasteiger partial charge in [-0.15, -0.1) is 0 Å². The number of imide groups is 1. The highest BCUT2D eigenvalue weighted by molar-refractivity contribution is 9.10. The van der Waals surface area contributed by atoms with E-state index in [4.69, 9.17) is 4.74 Å². The number of ether oxygens (including phenoxy) is 1. The van der Waals surface area contributed by atoms with E-state index in [1.165, 1.54) is 0 Å². The maximum atomic E-state index is 12.4. The number of amides is 3. The molecule has 0 atom stereocenters. The molecule has 2 rings (SSSR count). The molecule has 1 aromatic rings. The van der Waals surface area contributed by atoms with Gasteiger partial charge < -0.3 is 10.1 Å². The largest absolute Gasteiger partial charge is 0.456 e. The number of nitrogens with zero attached hydrogens (tertiary/aromatic N) is 1. The minimum atomic E-state index is -0.968. The molecule has 1 aromatic carbocycles. The molecular formula is C17H19BrN2O5. The van der Waals surface area contributed by atoms with E-state index in [0.717, 1.165) is 9.37 Å². The molecular weight excluding hydrogens is 392 g/mol. The number of carbonyl (C=O) groups is 4. The zero-order valence-electron chi connectivity index (χ0n) is 14.0. The normalized spacial score (nSPS) is 15.9. The first-order valence-electron chi connectivity index (χ1n) is 7.91. The topological polar surface area (TPSA) is 92.8 Å². The highest BCUT2D eigenvalue weighted by Crippen LogP contribution is 2.24. The average molecular weight is 411 g/mol. The summed E-state index contributed by atoms with van der Waals surface area (Å²) in [6.45, 7) is 2.62. The van der Waals surface area contributed by atoms with E-state index in [2.05, 4.69) is 21.2 Å². The fourth-order valence-electron chi connectivity index (χ4n) is 2.59. The Balaban J connectivity index is 1.92. The van der Waals surface area contributed by atoms with Crippen LogP contribution >= 0.6 is 15.9 Å². The molecule has 1 fully saturated rings. The summed E-state index contributed by atoms with van der Waals surface area (Å²) in [5.74, 6) is -1.62. The van der Waals surface area contributed by atoms with Crippen molar-refractivity contribution in [2.75, 3.05) is 13.2 Å². The van der Waals surface area contributed by atoms with Crippen molar-refractivity contribution in [1.29, 1.82) is 0 Å². The van der Waals surface area contributed by atoms with Crippen LogP contribution in [0.1, 0.15) is 37.0 Å². The highest BCUT2D eigenvalue weighted by Gasteiger charge is 2.49. The molecule has 1 N–H and O–H groups in total. The number of esters is 1. The minimum Gasteiger partial charge on any atom is -0.456 e. The first-order chi connectivity index (χ1) is 11.8. The van der Waals surface area contributed by atoms with Crippen molar-refractivity contribution in [3.8, 4) is 0 Å². The third-order valence-corrected chi connectivity index (χ3v) is 4.80. The Morgan fingerprint density at radius 2 is 1.76 bits per heavy atom. The van der Waals surface area contributed by atoms with Gasteiger partial charge in [-0.3, -0.25) is 19.3 Å². The number of carbonyl (C=O) groups excluding carboxylic acids is 4. The van der Waals surface area contributed by atoms with Gasteiger partial charge in [0.2, 0.25) is 0 Å². The van der Waals surface area contributed by atoms with Crippen molar-refractivity contribution in [2.45, 2.75) is 32.2 Å². The van der Waals surface area contributed by atoms with E-state index in [1.807, 2.05) is 0 Å². The quantitative estimate of drug-likeness (QED) is 0.422. The van der Waals surface area contributed by atoms with Crippen LogP contribution < -0.4 is 5.32 Å². The number of hydrogen-bond donors (Lipinski definition) is 1. The standard InChI is InChI=1S/C17H19BrN2O5/c1-3-17(4-2)15(23)20(16(24)19-17)9-14(22)25-10-13(21)11-5-7-12(18)8-6-11/h5-8H,3-4,9-10H2,1-2H3,(H,19,24). The fourth-order valence-corrected chi connectivity index (χ4v) is 2.85. The summed E-state index contributed by atoms with van der Waals surface area (Å²) in [5, 5.41) is 2.63. The van der Waals surface area contributed by atoms with Crippen LogP contribution in [0.4, 0.5) is 4.79 Å². The van der Waals surface area contributed by atoms with Crippen molar-refractivity contribution in [3.63, 3.8) is 0 Å². The van der Waals surface area contributed by atoms with Gasteiger partial charge >= 0.3 is 12.0 Å². The van der Waals surface area contributed by atoms with E-state index in [0.29, 0.717) is 18.4 Å². The lowest BCUT2D eigenvalue weighted by molar-refractivity contribution is -0.146. The van der Waals surface area contributed by atoms with Gasteiger partial charge in [-0.25, -0.2) is 4.79 Å². The summed E-state index contributed by atoms with van der Waals surface area (Å²) in [7, 11) is 0. The second-order valence-corrected chi connectivity index (χ2v) is 6.62. The van der Waals surface area contributed by atoms with Crippen molar-refractivity contribution >= 4 is 39.6 Å². The summed E-state index contributed by atoms with van der Waals surface area (Å²) in [6.07, 6.45) is 0.864. The number of ketones is 1. The van der Waals surface area contributed by atoms with Crippen molar-refractivity contribution < 1.29 is 23.9 Å². The lowest BCUT2D eigenvalue weighted by Gasteiger charge is -2.22. The van der Waals surface area contributed by atoms with Gasteiger partial charge in [0, 0.05) is 10.0 Å². The van der Waals surface area contributed by atoms with Gasteiger partial charge in [-0.05, 0) is 25.0 Å². The number of Topliss-reactive ketones (excluding diaryl/α,β-unsaturated/α-hetero) is 1. The van der Waals surface area contributed by atoms with E-state index in [-0.39, 0.29) is 5.78 Å². The Labute approximate surface area is 153 Å². The number of urea groups is 1. The summed E-state index contributed by atoms with van der Waals surface area (Å²) < 4.78 is 5.74. The molecule has 134 valence electrons. The van der Waals surface area contributed by atoms with Crippen molar-refractivity contribution in [3.05, 3.63) is 34.3 Å². The summed E-state index contributed by atoms with van der Waals surface area (Å²) in [6, 6.07) is 6.00. The molecule has 7 nitrogen and oxygen atoms in total. The smallest absolute Gasteiger partial charge is 0.326 e. The zero-order valence-corrected chi connectivity index (χ0v) is 15.6. The summed E-state index contributed by atoms with van der Waals surface area (Å²) >= 11 is 3.27. The van der Waals surface area contributed by atoms with Gasteiger partial charge in [0.25, 0.3) is 5.91 Å². The number of benzene rings is 1. The van der Waals surface area contributed by atoms with E-state index in [9.17, 15) is 19.2 Å². The van der Waals surface area contributed by atoms with Crippen LogP contribution in [0.25, 0.3) is 0 Å². The number of rotatable bonds is 7. The van der Waals surface area contributed by atoms with Crippen LogP contribution in [0.3, 0.4) is 0 Å². The van der Waals surface area contributed by atoms with Gasteiger partial charge in [0.05, 0.1) is 0 Å². The average Bonchev–Trinajstić information content (AvgIpc) is 2.85. The highest BCUT2D eigenvalue weighted by atomic mass is 79.9. The monoisotopic (exact) mass is 410 g/mol. The molecule has 0 spiro atoms. The molecule has 1 heterocycles. The molecule has 25 heavy (non-hydrogen) atoms. The van der Waals surface area contributed by atoms with Gasteiger partial charge in [-0.1, -0.05) is 41.9 Å². The van der Waals surface area contributed by atoms with Gasteiger partial charge in [0.15, 0.2) is 12.4 Å². The Bertz CT molecular complexity index is 697. The van der Waals surface area contributed by atoms with Crippen LogP contribution in [0.5, 0.6) is 0 Å². The molecule has 1 saturated heterocycles. The van der Waals surface area contributed by atoms with E-state index < -0.39 is 36.6 Å². The van der Waals surface area contributed by atoms with Crippen LogP contribution in [0.15, 0.2) is 28.7 Å². The Hall–Kier alpha value is -2.22. The molecule has 1 aliphatic rings. The lowest BCUT2D eigenvalue weighted by Crippen LogP contribution is -2.46. The number of halogens is 1. The zero-order chi connectivity index (χ0) is 18.6. The molecule has 0 saturated carbocycles. The maximum absolute atomic E-state index is 12.4. The molecule has 0 aromatic heterocycles. The molecule has 0 radical (unpaired) electrons. The molecule has 1 aliphatic heterocycles. The first-order valence-corrected chi connectivity index (χ1v) is 8.70. The van der Waals surface area contributed by atoms with Crippen LogP contribution in [0, 0.1) is 0 Å². The number of nitrogens with one attached hydrogen (secondary N) is 1. The third-order valence-electron chi connectivity index (χ3n) is 4.27. The molecule has 0 aliphatic carbocycles. The summed E-state index contributed by atoms with van der Waals surface area (Å²) in [5.41, 5.74) is -0.563. The van der Waals surface area contributed by atoms with Crippen LogP contribution in [0.2, 0.25) is 0 Å². The molecule has 0 unspecified atom stereocenters. The maximum Gasteiger partial charge on any atom is 0.326 e. The lowest BCUT2D eigenvalue weighted by atomic mass is 9.93. The van der Waals surface area contributed by atoms with Crippen LogP contribution in [-0.2, 0) is 14.3 Å². The molecule has 0 bridgehead atoms. The first kappa shape index (κ1) is 19.1. The van der Waals surface area contributed by atoms with Gasteiger partial charge in [0.1, 0.15) is 12.1 Å². The Morgan fingerprint density at radius 1 is 1.16 bits per heavy atom. The minimum absolute atomic E-state index is 0.366. The third kappa shape index (κ3) is 4.07. The Morgan fingerprint density at radius 3 is 2.28 bits per heavy atom. The van der Waals surface area contributed by atoms with E-state index >= 15 is 0 Å². The van der Waals surface area contributed by atoms with Crippen LogP contribution in [-0.4, -0.2) is 47.3 Å². The molecule has 8 heteroatoms. The Kier molecular flexibility index (Phi) is 5.94. The van der Waals surface area contributed by atoms with Crippen molar-refractivity contribution in [1.82, 2.24) is 10.2 Å². The summed E-state index contributed by atoms with van der Waals surface area (Å²) in [4.78, 5) is 49.1. The van der Waals surface area contributed by atoms with Gasteiger partial charge in [-0.2, -0.15) is 0 Å². The fraction of sp³-hybridized carbons (Fsp3) is 0.412. The second-order valence-electron chi connectivity index (χ2n) is 5.70. The predicted octanol–water partition coefficient (Wildman–Crippen LogP) is 2.29. The predicted molar refractivity (Wildman–Crippen MR) is 93.0 cm³/mol.